The van der Waals surface area contributed by atoms with Crippen LogP contribution in [-0.4, -0.2) is 36.6 Å². The van der Waals surface area contributed by atoms with Gasteiger partial charge in [-0.2, -0.15) is 0 Å². The minimum atomic E-state index is 0.639. The number of hydrogen-bond donors (Lipinski definition) is 1. The molecule has 4 aliphatic rings. The Hall–Kier alpha value is -2.46. The largest absolute Gasteiger partial charge is 0.317 e. The third kappa shape index (κ3) is 4.74. The normalized spacial score (nSPS) is 22.5. The second-order valence-electron chi connectivity index (χ2n) is 8.99. The number of fused-ring (bicyclic) bond motifs is 1. The van der Waals surface area contributed by atoms with Crippen molar-refractivity contribution in [3.63, 3.8) is 0 Å². The molecule has 0 aromatic carbocycles. The summed E-state index contributed by atoms with van der Waals surface area (Å²) >= 11 is 0. The molecule has 0 bridgehead atoms. The fourth-order valence-electron chi connectivity index (χ4n) is 4.62. The van der Waals surface area contributed by atoms with E-state index in [1.165, 1.54) is 60.1 Å². The number of nitrogens with one attached hydrogen (secondary N) is 1. The molecule has 0 aromatic rings. The molecule has 164 valence electrons. The fraction of sp³-hybridized carbons (Fsp3) is 0.481. The van der Waals surface area contributed by atoms with Crippen LogP contribution >= 0.6 is 0 Å². The molecule has 0 amide bonds. The van der Waals surface area contributed by atoms with Crippen molar-refractivity contribution in [1.82, 2.24) is 10.2 Å². The topological polar surface area (TPSA) is 40.0 Å². The van der Waals surface area contributed by atoms with Gasteiger partial charge in [-0.05, 0) is 99.4 Å². The number of aliphatic imine (C=N–C) groups is 2. The van der Waals surface area contributed by atoms with E-state index in [0.29, 0.717) is 5.92 Å². The number of hydrogen-bond acceptors (Lipinski definition) is 4. The third-order valence-electron chi connectivity index (χ3n) is 6.81. The molecule has 0 unspecified atom stereocenters. The summed E-state index contributed by atoms with van der Waals surface area (Å²) in [6.07, 6.45) is 19.4. The van der Waals surface area contributed by atoms with Gasteiger partial charge in [0.15, 0.2) is 0 Å². The van der Waals surface area contributed by atoms with Crippen molar-refractivity contribution in [3.05, 3.63) is 70.8 Å². The van der Waals surface area contributed by atoms with Crippen LogP contribution in [-0.2, 0) is 0 Å². The van der Waals surface area contributed by atoms with Crippen LogP contribution in [0.25, 0.3) is 0 Å². The van der Waals surface area contributed by atoms with E-state index < -0.39 is 0 Å². The van der Waals surface area contributed by atoms with Crippen molar-refractivity contribution in [1.29, 1.82) is 0 Å². The van der Waals surface area contributed by atoms with E-state index in [-0.39, 0.29) is 0 Å². The van der Waals surface area contributed by atoms with E-state index in [1.54, 1.807) is 0 Å². The number of piperidine rings is 1. The summed E-state index contributed by atoms with van der Waals surface area (Å²) in [7, 11) is 1.86. The molecular formula is C27H36N4. The molecule has 1 aliphatic carbocycles. The molecular weight excluding hydrogens is 380 g/mol. The Morgan fingerprint density at radius 3 is 2.71 bits per heavy atom. The monoisotopic (exact) mass is 416 g/mol. The highest BCUT2D eigenvalue weighted by Crippen LogP contribution is 2.36. The lowest BCUT2D eigenvalue weighted by Gasteiger charge is -2.35. The maximum Gasteiger partial charge on any atom is 0.137 e. The van der Waals surface area contributed by atoms with Crippen molar-refractivity contribution in [2.45, 2.75) is 58.8 Å². The molecule has 3 aliphatic heterocycles. The second-order valence-corrected chi connectivity index (χ2v) is 8.99. The van der Waals surface area contributed by atoms with Gasteiger partial charge in [0.25, 0.3) is 0 Å². The third-order valence-corrected chi connectivity index (χ3v) is 6.81. The average Bonchev–Trinajstić information content (AvgIpc) is 2.76. The Morgan fingerprint density at radius 2 is 2.06 bits per heavy atom. The van der Waals surface area contributed by atoms with Gasteiger partial charge in [0.1, 0.15) is 5.84 Å². The highest BCUT2D eigenvalue weighted by atomic mass is 15.2. The quantitative estimate of drug-likeness (QED) is 0.436. The van der Waals surface area contributed by atoms with Crippen LogP contribution < -0.4 is 5.32 Å². The van der Waals surface area contributed by atoms with E-state index in [0.717, 1.165) is 43.2 Å². The predicted molar refractivity (Wildman–Crippen MR) is 132 cm³/mol. The van der Waals surface area contributed by atoms with Gasteiger partial charge in [0.2, 0.25) is 0 Å². The lowest BCUT2D eigenvalue weighted by molar-refractivity contribution is 0.420. The molecule has 1 saturated carbocycles. The Labute approximate surface area is 187 Å². The van der Waals surface area contributed by atoms with Gasteiger partial charge in [0, 0.05) is 18.9 Å². The zero-order valence-electron chi connectivity index (χ0n) is 19.4. The SMILES string of the molecule is C=C(CCC)/C(C)=C/C(=N\C)C1=CC(=C2CCC2)N2C=C(C3CCNCC3)C=CC2=N1. The maximum absolute atomic E-state index is 5.02. The van der Waals surface area contributed by atoms with Crippen molar-refractivity contribution in [2.75, 3.05) is 20.1 Å². The second kappa shape index (κ2) is 9.78. The standard InChI is InChI=1S/C27H36N4/c1-5-7-19(2)20(3)16-24(28-4)25-17-26(22-8-6-9-22)31-18-23(10-11-27(31)30-25)21-12-14-29-15-13-21/h10-11,16-18,21,29H,2,5-9,12-15H2,1,3-4H3/b20-16+,28-24+. The molecule has 2 fully saturated rings. The van der Waals surface area contributed by atoms with Crippen LogP contribution in [0, 0.1) is 5.92 Å². The summed E-state index contributed by atoms with van der Waals surface area (Å²) < 4.78 is 0. The minimum Gasteiger partial charge on any atom is -0.317 e. The zero-order chi connectivity index (χ0) is 21.8. The van der Waals surface area contributed by atoms with E-state index in [9.17, 15) is 0 Å². The van der Waals surface area contributed by atoms with Crippen LogP contribution in [0.1, 0.15) is 58.8 Å². The van der Waals surface area contributed by atoms with E-state index in [4.69, 9.17) is 4.99 Å². The van der Waals surface area contributed by atoms with Crippen LogP contribution in [0.15, 0.2) is 80.8 Å². The van der Waals surface area contributed by atoms with E-state index >= 15 is 0 Å². The summed E-state index contributed by atoms with van der Waals surface area (Å²) in [6.45, 7) is 10.8. The summed E-state index contributed by atoms with van der Waals surface area (Å²) in [6, 6.07) is 0. The molecule has 1 N–H and O–H groups in total. The first-order valence-corrected chi connectivity index (χ1v) is 11.9. The number of nitrogens with zero attached hydrogens (tertiary/aromatic N) is 3. The molecule has 0 radical (unpaired) electrons. The minimum absolute atomic E-state index is 0.639. The summed E-state index contributed by atoms with van der Waals surface area (Å²) in [5.41, 5.74) is 8.53. The first kappa shape index (κ1) is 21.8. The van der Waals surface area contributed by atoms with Gasteiger partial charge in [-0.15, -0.1) is 0 Å². The molecule has 4 nitrogen and oxygen atoms in total. The Morgan fingerprint density at radius 1 is 1.29 bits per heavy atom. The van der Waals surface area contributed by atoms with Gasteiger partial charge in [-0.1, -0.05) is 31.6 Å². The van der Waals surface area contributed by atoms with E-state index in [1.807, 2.05) is 7.05 Å². The predicted octanol–water partition coefficient (Wildman–Crippen LogP) is 5.85. The lowest BCUT2D eigenvalue weighted by atomic mass is 9.87. The fourth-order valence-corrected chi connectivity index (χ4v) is 4.62. The first-order chi connectivity index (χ1) is 15.1. The van der Waals surface area contributed by atoms with Crippen molar-refractivity contribution < 1.29 is 0 Å². The molecule has 0 spiro atoms. The van der Waals surface area contributed by atoms with Crippen molar-refractivity contribution >= 4 is 11.5 Å². The molecule has 0 atom stereocenters. The molecule has 1 saturated heterocycles. The Kier molecular flexibility index (Phi) is 6.86. The summed E-state index contributed by atoms with van der Waals surface area (Å²) in [4.78, 5) is 11.9. The van der Waals surface area contributed by atoms with Crippen LogP contribution in [0.3, 0.4) is 0 Å². The first-order valence-electron chi connectivity index (χ1n) is 11.9. The highest BCUT2D eigenvalue weighted by molar-refractivity contribution is 6.12. The Bertz CT molecular complexity index is 940. The van der Waals surface area contributed by atoms with Crippen molar-refractivity contribution in [2.24, 2.45) is 15.9 Å². The number of allylic oxidation sites excluding steroid dienone is 7. The summed E-state index contributed by atoms with van der Waals surface area (Å²) in [5, 5.41) is 3.48. The van der Waals surface area contributed by atoms with Crippen LogP contribution in [0.5, 0.6) is 0 Å². The molecule has 3 heterocycles. The summed E-state index contributed by atoms with van der Waals surface area (Å²) in [5.74, 6) is 1.64. The van der Waals surface area contributed by atoms with Crippen molar-refractivity contribution in [3.8, 4) is 0 Å². The smallest absolute Gasteiger partial charge is 0.137 e. The zero-order valence-corrected chi connectivity index (χ0v) is 19.4. The number of amidine groups is 1. The van der Waals surface area contributed by atoms with Crippen LogP contribution in [0.2, 0.25) is 0 Å². The van der Waals surface area contributed by atoms with Gasteiger partial charge in [-0.3, -0.25) is 4.99 Å². The van der Waals surface area contributed by atoms with Gasteiger partial charge in [-0.25, -0.2) is 4.99 Å². The lowest BCUT2D eigenvalue weighted by Crippen LogP contribution is -2.34. The Balaban J connectivity index is 1.66. The highest BCUT2D eigenvalue weighted by Gasteiger charge is 2.28. The van der Waals surface area contributed by atoms with Gasteiger partial charge < -0.3 is 10.2 Å². The average molecular weight is 417 g/mol. The molecule has 4 rings (SSSR count). The molecule has 4 heteroatoms. The van der Waals surface area contributed by atoms with Gasteiger partial charge in [0.05, 0.1) is 11.4 Å². The maximum atomic E-state index is 5.02. The molecule has 0 aromatic heterocycles. The van der Waals surface area contributed by atoms with Crippen LogP contribution in [0.4, 0.5) is 0 Å². The van der Waals surface area contributed by atoms with E-state index in [2.05, 4.69) is 66.1 Å². The number of rotatable bonds is 6. The van der Waals surface area contributed by atoms with Gasteiger partial charge >= 0.3 is 0 Å². The molecule has 31 heavy (non-hydrogen) atoms.